The predicted molar refractivity (Wildman–Crippen MR) is 74.0 cm³/mol. The summed E-state index contributed by atoms with van der Waals surface area (Å²) in [5, 5.41) is 2.91. The molecule has 1 aromatic carbocycles. The van der Waals surface area contributed by atoms with Crippen LogP contribution in [0.15, 0.2) is 24.3 Å². The molecular formula is C15H21NO3. The van der Waals surface area contributed by atoms with E-state index in [0.29, 0.717) is 12.0 Å². The molecule has 0 aliphatic heterocycles. The van der Waals surface area contributed by atoms with E-state index in [1.807, 2.05) is 39.0 Å². The third-order valence-corrected chi connectivity index (χ3v) is 3.24. The topological polar surface area (TPSA) is 55.4 Å². The average Bonchev–Trinajstić information content (AvgIpc) is 2.38. The molecule has 0 aliphatic rings. The number of rotatable bonds is 5. The number of ether oxygens (including phenoxy) is 1. The molecule has 0 spiro atoms. The highest BCUT2D eigenvalue weighted by Crippen LogP contribution is 2.16. The van der Waals surface area contributed by atoms with Gasteiger partial charge in [-0.3, -0.25) is 9.59 Å². The quantitative estimate of drug-likeness (QED) is 0.830. The van der Waals surface area contributed by atoms with Crippen LogP contribution in [0.1, 0.15) is 42.6 Å². The third-order valence-electron chi connectivity index (χ3n) is 3.24. The molecule has 0 fully saturated rings. The first-order chi connectivity index (χ1) is 8.90. The lowest BCUT2D eigenvalue weighted by atomic mass is 9.94. The fourth-order valence-corrected chi connectivity index (χ4v) is 1.78. The van der Waals surface area contributed by atoms with Gasteiger partial charge in [0, 0.05) is 11.1 Å². The van der Waals surface area contributed by atoms with Crippen LogP contribution in [0.25, 0.3) is 0 Å². The summed E-state index contributed by atoms with van der Waals surface area (Å²) in [6, 6.07) is 7.36. The predicted octanol–water partition coefficient (Wildman–Crippen LogP) is 2.46. The van der Waals surface area contributed by atoms with Gasteiger partial charge >= 0.3 is 5.97 Å². The maximum atomic E-state index is 12.2. The maximum absolute atomic E-state index is 12.2. The molecule has 0 aromatic heterocycles. The molecule has 0 radical (unpaired) electrons. The van der Waals surface area contributed by atoms with Gasteiger partial charge in [0.2, 0.25) is 0 Å². The Balaban J connectivity index is 2.80. The van der Waals surface area contributed by atoms with Gasteiger partial charge < -0.3 is 10.1 Å². The molecule has 0 aliphatic carbocycles. The second-order valence-electron chi connectivity index (χ2n) is 4.99. The summed E-state index contributed by atoms with van der Waals surface area (Å²) in [5.74, 6) is -0.495. The SMILES string of the molecule is CCC(C)(CC(=O)OC)NC(=O)c1cccc(C)c1. The van der Waals surface area contributed by atoms with E-state index in [-0.39, 0.29) is 18.3 Å². The number of nitrogens with one attached hydrogen (secondary N) is 1. The molecule has 0 bridgehead atoms. The van der Waals surface area contributed by atoms with Crippen molar-refractivity contribution in [1.29, 1.82) is 0 Å². The summed E-state index contributed by atoms with van der Waals surface area (Å²) in [5.41, 5.74) is 1.04. The van der Waals surface area contributed by atoms with Crippen LogP contribution in [-0.4, -0.2) is 24.5 Å². The normalized spacial score (nSPS) is 13.5. The zero-order valence-corrected chi connectivity index (χ0v) is 11.9. The maximum Gasteiger partial charge on any atom is 0.307 e. The van der Waals surface area contributed by atoms with Gasteiger partial charge in [-0.05, 0) is 32.4 Å². The largest absolute Gasteiger partial charge is 0.469 e. The first-order valence-corrected chi connectivity index (χ1v) is 6.36. The first-order valence-electron chi connectivity index (χ1n) is 6.36. The Bertz CT molecular complexity index is 470. The number of methoxy groups -OCH3 is 1. The fraction of sp³-hybridized carbons (Fsp3) is 0.467. The third kappa shape index (κ3) is 4.39. The molecule has 1 aromatic rings. The van der Waals surface area contributed by atoms with E-state index < -0.39 is 5.54 Å². The highest BCUT2D eigenvalue weighted by molar-refractivity contribution is 5.95. The molecule has 0 saturated carbocycles. The standard InChI is InChI=1S/C15H21NO3/c1-5-15(3,10-13(17)19-4)16-14(18)12-8-6-7-11(2)9-12/h6-9H,5,10H2,1-4H3,(H,16,18). The molecule has 4 heteroatoms. The number of hydrogen-bond donors (Lipinski definition) is 1. The van der Waals surface area contributed by atoms with Gasteiger partial charge in [0.05, 0.1) is 13.5 Å². The van der Waals surface area contributed by atoms with Crippen LogP contribution in [-0.2, 0) is 9.53 Å². The highest BCUT2D eigenvalue weighted by Gasteiger charge is 2.28. The van der Waals surface area contributed by atoms with Crippen molar-refractivity contribution in [2.24, 2.45) is 0 Å². The van der Waals surface area contributed by atoms with E-state index in [1.54, 1.807) is 6.07 Å². The molecule has 1 rings (SSSR count). The molecule has 1 amide bonds. The lowest BCUT2D eigenvalue weighted by Crippen LogP contribution is -2.47. The Morgan fingerprint density at radius 2 is 2.05 bits per heavy atom. The van der Waals surface area contributed by atoms with Crippen molar-refractivity contribution in [3.05, 3.63) is 35.4 Å². The lowest BCUT2D eigenvalue weighted by molar-refractivity contribution is -0.142. The summed E-state index contributed by atoms with van der Waals surface area (Å²) in [6.45, 7) is 5.71. The van der Waals surface area contributed by atoms with Gasteiger partial charge in [0.1, 0.15) is 0 Å². The van der Waals surface area contributed by atoms with Crippen LogP contribution in [0, 0.1) is 6.92 Å². The van der Waals surface area contributed by atoms with Crippen molar-refractivity contribution in [3.63, 3.8) is 0 Å². The van der Waals surface area contributed by atoms with E-state index in [2.05, 4.69) is 10.1 Å². The van der Waals surface area contributed by atoms with Crippen LogP contribution < -0.4 is 5.32 Å². The molecule has 1 atom stereocenters. The van der Waals surface area contributed by atoms with Crippen molar-refractivity contribution < 1.29 is 14.3 Å². The number of carbonyl (C=O) groups excluding carboxylic acids is 2. The lowest BCUT2D eigenvalue weighted by Gasteiger charge is -2.28. The Morgan fingerprint density at radius 1 is 1.37 bits per heavy atom. The van der Waals surface area contributed by atoms with Crippen LogP contribution in [0.2, 0.25) is 0 Å². The summed E-state index contributed by atoms with van der Waals surface area (Å²) in [7, 11) is 1.35. The van der Waals surface area contributed by atoms with E-state index in [1.165, 1.54) is 7.11 Å². The number of amides is 1. The number of aryl methyl sites for hydroxylation is 1. The fourth-order valence-electron chi connectivity index (χ4n) is 1.78. The smallest absolute Gasteiger partial charge is 0.307 e. The second-order valence-corrected chi connectivity index (χ2v) is 4.99. The Hall–Kier alpha value is -1.84. The monoisotopic (exact) mass is 263 g/mol. The minimum Gasteiger partial charge on any atom is -0.469 e. The van der Waals surface area contributed by atoms with Crippen molar-refractivity contribution in [2.75, 3.05) is 7.11 Å². The van der Waals surface area contributed by atoms with Gasteiger partial charge in [-0.25, -0.2) is 0 Å². The second kappa shape index (κ2) is 6.36. The van der Waals surface area contributed by atoms with E-state index in [9.17, 15) is 9.59 Å². The molecule has 0 heterocycles. The summed E-state index contributed by atoms with van der Waals surface area (Å²) in [6.07, 6.45) is 0.817. The zero-order chi connectivity index (χ0) is 14.5. The molecule has 104 valence electrons. The molecular weight excluding hydrogens is 242 g/mol. The number of esters is 1. The van der Waals surface area contributed by atoms with Gasteiger partial charge in [0.15, 0.2) is 0 Å². The summed E-state index contributed by atoms with van der Waals surface area (Å²) >= 11 is 0. The van der Waals surface area contributed by atoms with Crippen LogP contribution in [0.5, 0.6) is 0 Å². The Kier molecular flexibility index (Phi) is 5.10. The van der Waals surface area contributed by atoms with Crippen LogP contribution in [0.4, 0.5) is 0 Å². The number of benzene rings is 1. The van der Waals surface area contributed by atoms with E-state index >= 15 is 0 Å². The van der Waals surface area contributed by atoms with Gasteiger partial charge in [-0.15, -0.1) is 0 Å². The number of carbonyl (C=O) groups is 2. The van der Waals surface area contributed by atoms with Gasteiger partial charge in [-0.2, -0.15) is 0 Å². The van der Waals surface area contributed by atoms with E-state index in [4.69, 9.17) is 0 Å². The van der Waals surface area contributed by atoms with Crippen molar-refractivity contribution in [2.45, 2.75) is 39.2 Å². The zero-order valence-electron chi connectivity index (χ0n) is 11.9. The molecule has 1 unspecified atom stereocenters. The minimum absolute atomic E-state index is 0.164. The van der Waals surface area contributed by atoms with E-state index in [0.717, 1.165) is 5.56 Å². The molecule has 0 saturated heterocycles. The number of hydrogen-bond acceptors (Lipinski definition) is 3. The van der Waals surface area contributed by atoms with Crippen molar-refractivity contribution >= 4 is 11.9 Å². The average molecular weight is 263 g/mol. The highest BCUT2D eigenvalue weighted by atomic mass is 16.5. The molecule has 1 N–H and O–H groups in total. The molecule has 19 heavy (non-hydrogen) atoms. The molecule has 4 nitrogen and oxygen atoms in total. The summed E-state index contributed by atoms with van der Waals surface area (Å²) < 4.78 is 4.66. The Labute approximate surface area is 114 Å². The summed E-state index contributed by atoms with van der Waals surface area (Å²) in [4.78, 5) is 23.6. The van der Waals surface area contributed by atoms with Crippen LogP contribution >= 0.6 is 0 Å². The van der Waals surface area contributed by atoms with Gasteiger partial charge in [-0.1, -0.05) is 24.6 Å². The minimum atomic E-state index is -0.589. The van der Waals surface area contributed by atoms with Crippen molar-refractivity contribution in [3.8, 4) is 0 Å². The van der Waals surface area contributed by atoms with Crippen LogP contribution in [0.3, 0.4) is 0 Å². The van der Waals surface area contributed by atoms with Gasteiger partial charge in [0.25, 0.3) is 5.91 Å². The first kappa shape index (κ1) is 15.2. The van der Waals surface area contributed by atoms with Crippen molar-refractivity contribution in [1.82, 2.24) is 5.32 Å². The Morgan fingerprint density at radius 3 is 2.58 bits per heavy atom.